The molecule has 2 nitrogen and oxygen atoms in total. The minimum Gasteiger partial charge on any atom is -0.379 e. The number of hydrogen-bond acceptors (Lipinski definition) is 2. The van der Waals surface area contributed by atoms with Crippen LogP contribution in [-0.2, 0) is 5.60 Å². The molecule has 0 heterocycles. The van der Waals surface area contributed by atoms with Crippen LogP contribution in [0.3, 0.4) is 0 Å². The molecule has 2 aromatic rings. The van der Waals surface area contributed by atoms with Crippen molar-refractivity contribution in [3.63, 3.8) is 0 Å². The molecule has 1 saturated carbocycles. The zero-order chi connectivity index (χ0) is 15.3. The maximum absolute atomic E-state index is 11.4. The van der Waals surface area contributed by atoms with Crippen LogP contribution < -0.4 is 5.32 Å². The third-order valence-corrected chi connectivity index (χ3v) is 4.75. The Morgan fingerprint density at radius 3 is 1.78 bits per heavy atom. The van der Waals surface area contributed by atoms with Gasteiger partial charge in [0.15, 0.2) is 0 Å². The van der Waals surface area contributed by atoms with Crippen LogP contribution in [0.25, 0.3) is 0 Å². The summed E-state index contributed by atoms with van der Waals surface area (Å²) in [7, 11) is 0. The van der Waals surface area contributed by atoms with Gasteiger partial charge in [-0.3, -0.25) is 0 Å². The zero-order valence-corrected chi connectivity index (χ0v) is 14.3. The van der Waals surface area contributed by atoms with Gasteiger partial charge in [0.05, 0.1) is 0 Å². The predicted octanol–water partition coefficient (Wildman–Crippen LogP) is 4.27. The van der Waals surface area contributed by atoms with Crippen LogP contribution in [0.1, 0.15) is 43.2 Å². The molecule has 0 atom stereocenters. The van der Waals surface area contributed by atoms with Crippen molar-refractivity contribution in [1.29, 1.82) is 0 Å². The molecule has 124 valence electrons. The molecule has 0 unspecified atom stereocenters. The third kappa shape index (κ3) is 4.35. The number of nitrogens with one attached hydrogen (secondary N) is 1. The summed E-state index contributed by atoms with van der Waals surface area (Å²) in [6, 6.07) is 20.5. The first-order chi connectivity index (χ1) is 10.8. The number of benzene rings is 2. The second-order valence-corrected chi connectivity index (χ2v) is 6.31. The Labute approximate surface area is 145 Å². The number of hydrogen-bond donors (Lipinski definition) is 2. The first kappa shape index (κ1) is 18.0. The van der Waals surface area contributed by atoms with Crippen molar-refractivity contribution < 1.29 is 5.11 Å². The van der Waals surface area contributed by atoms with Crippen molar-refractivity contribution in [2.45, 2.75) is 43.7 Å². The molecule has 0 aromatic heterocycles. The highest BCUT2D eigenvalue weighted by Crippen LogP contribution is 2.29. The Hall–Kier alpha value is -1.35. The monoisotopic (exact) mass is 331 g/mol. The lowest BCUT2D eigenvalue weighted by Crippen LogP contribution is -2.44. The van der Waals surface area contributed by atoms with E-state index in [1.807, 2.05) is 60.7 Å². The van der Waals surface area contributed by atoms with Crippen LogP contribution in [0.5, 0.6) is 0 Å². The van der Waals surface area contributed by atoms with Crippen LogP contribution >= 0.6 is 12.4 Å². The van der Waals surface area contributed by atoms with Gasteiger partial charge in [0, 0.05) is 12.6 Å². The Morgan fingerprint density at radius 2 is 1.30 bits per heavy atom. The van der Waals surface area contributed by atoms with Crippen molar-refractivity contribution in [2.24, 2.45) is 0 Å². The summed E-state index contributed by atoms with van der Waals surface area (Å²) >= 11 is 0. The molecule has 23 heavy (non-hydrogen) atoms. The molecule has 0 spiro atoms. The van der Waals surface area contributed by atoms with Gasteiger partial charge in [0.25, 0.3) is 0 Å². The molecule has 2 N–H and O–H groups in total. The quantitative estimate of drug-likeness (QED) is 0.857. The molecule has 1 fully saturated rings. The summed E-state index contributed by atoms with van der Waals surface area (Å²) < 4.78 is 0. The van der Waals surface area contributed by atoms with Crippen molar-refractivity contribution >= 4 is 12.4 Å². The largest absolute Gasteiger partial charge is 0.379 e. The van der Waals surface area contributed by atoms with Crippen molar-refractivity contribution in [1.82, 2.24) is 5.32 Å². The Morgan fingerprint density at radius 1 is 0.826 bits per heavy atom. The number of rotatable bonds is 5. The average molecular weight is 332 g/mol. The van der Waals surface area contributed by atoms with E-state index in [0.29, 0.717) is 12.6 Å². The lowest BCUT2D eigenvalue weighted by molar-refractivity contribution is 0.0746. The average Bonchev–Trinajstić information content (AvgIpc) is 2.62. The first-order valence-corrected chi connectivity index (χ1v) is 8.36. The van der Waals surface area contributed by atoms with Crippen LogP contribution in [0.4, 0.5) is 0 Å². The van der Waals surface area contributed by atoms with E-state index in [1.54, 1.807) is 0 Å². The van der Waals surface area contributed by atoms with Gasteiger partial charge in [0.1, 0.15) is 5.60 Å². The molecule has 0 amide bonds. The highest BCUT2D eigenvalue weighted by atomic mass is 35.5. The molecule has 3 heteroatoms. The van der Waals surface area contributed by atoms with E-state index in [-0.39, 0.29) is 12.4 Å². The molecule has 2 aromatic carbocycles. The molecular weight excluding hydrogens is 306 g/mol. The maximum atomic E-state index is 11.4. The van der Waals surface area contributed by atoms with E-state index in [4.69, 9.17) is 0 Å². The van der Waals surface area contributed by atoms with Gasteiger partial charge in [-0.1, -0.05) is 79.9 Å². The molecule has 1 aliphatic rings. The summed E-state index contributed by atoms with van der Waals surface area (Å²) in [5, 5.41) is 15.0. The molecule has 1 aliphatic carbocycles. The van der Waals surface area contributed by atoms with Gasteiger partial charge in [-0.25, -0.2) is 0 Å². The maximum Gasteiger partial charge on any atom is 0.127 e. The lowest BCUT2D eigenvalue weighted by Gasteiger charge is -2.33. The molecule has 0 saturated heterocycles. The summed E-state index contributed by atoms with van der Waals surface area (Å²) in [5.41, 5.74) is 0.925. The third-order valence-electron chi connectivity index (χ3n) is 4.75. The summed E-state index contributed by atoms with van der Waals surface area (Å²) in [5.74, 6) is 0. The predicted molar refractivity (Wildman–Crippen MR) is 98.0 cm³/mol. The smallest absolute Gasteiger partial charge is 0.127 e. The standard InChI is InChI=1S/C20H25NO.ClH/c22-20(17-10-4-1-5-11-17,18-12-6-2-7-13-18)16-21-19-14-8-3-9-15-19;/h1-2,4-7,10-13,19,21-22H,3,8-9,14-16H2;1H. The first-order valence-electron chi connectivity index (χ1n) is 8.36. The van der Waals surface area contributed by atoms with Gasteiger partial charge < -0.3 is 10.4 Å². The van der Waals surface area contributed by atoms with Crippen LogP contribution in [-0.4, -0.2) is 17.7 Å². The SMILES string of the molecule is Cl.OC(CNC1CCCCC1)(c1ccccc1)c1ccccc1. The normalized spacial score (nSPS) is 15.9. The van der Waals surface area contributed by atoms with E-state index in [2.05, 4.69) is 5.32 Å². The van der Waals surface area contributed by atoms with Gasteiger partial charge >= 0.3 is 0 Å². The highest BCUT2D eigenvalue weighted by molar-refractivity contribution is 5.85. The van der Waals surface area contributed by atoms with Gasteiger partial charge in [0.2, 0.25) is 0 Å². The second kappa shape index (κ2) is 8.49. The fourth-order valence-corrected chi connectivity index (χ4v) is 3.40. The van der Waals surface area contributed by atoms with E-state index in [9.17, 15) is 5.11 Å². The van der Waals surface area contributed by atoms with Crippen molar-refractivity contribution in [3.05, 3.63) is 71.8 Å². The van der Waals surface area contributed by atoms with E-state index in [1.165, 1.54) is 32.1 Å². The number of aliphatic hydroxyl groups is 1. The van der Waals surface area contributed by atoms with E-state index in [0.717, 1.165) is 11.1 Å². The fourth-order valence-electron chi connectivity index (χ4n) is 3.40. The van der Waals surface area contributed by atoms with E-state index >= 15 is 0 Å². The minimum absolute atomic E-state index is 0. The highest BCUT2D eigenvalue weighted by Gasteiger charge is 2.32. The summed E-state index contributed by atoms with van der Waals surface area (Å²) in [6.45, 7) is 0.561. The summed E-state index contributed by atoms with van der Waals surface area (Å²) in [6.07, 6.45) is 6.39. The van der Waals surface area contributed by atoms with Crippen molar-refractivity contribution in [3.8, 4) is 0 Å². The van der Waals surface area contributed by atoms with Crippen LogP contribution in [0.15, 0.2) is 60.7 Å². The van der Waals surface area contributed by atoms with Gasteiger partial charge in [-0.2, -0.15) is 0 Å². The fraction of sp³-hybridized carbons (Fsp3) is 0.400. The summed E-state index contributed by atoms with van der Waals surface area (Å²) in [4.78, 5) is 0. The zero-order valence-electron chi connectivity index (χ0n) is 13.4. The van der Waals surface area contributed by atoms with Crippen LogP contribution in [0.2, 0.25) is 0 Å². The molecule has 0 radical (unpaired) electrons. The molecule has 0 bridgehead atoms. The molecule has 3 rings (SSSR count). The molecule has 0 aliphatic heterocycles. The van der Waals surface area contributed by atoms with Crippen LogP contribution in [0, 0.1) is 0 Å². The van der Waals surface area contributed by atoms with E-state index < -0.39 is 5.60 Å². The van der Waals surface area contributed by atoms with Gasteiger partial charge in [-0.05, 0) is 24.0 Å². The molecular formula is C20H26ClNO. The van der Waals surface area contributed by atoms with Gasteiger partial charge in [-0.15, -0.1) is 12.4 Å². The Balaban J connectivity index is 0.00000192. The number of halogens is 1. The Bertz CT molecular complexity index is 527. The minimum atomic E-state index is -0.972. The lowest BCUT2D eigenvalue weighted by atomic mass is 9.85. The topological polar surface area (TPSA) is 32.3 Å². The second-order valence-electron chi connectivity index (χ2n) is 6.31. The van der Waals surface area contributed by atoms with Crippen molar-refractivity contribution in [2.75, 3.05) is 6.54 Å². The Kier molecular flexibility index (Phi) is 6.64.